The fourth-order valence-corrected chi connectivity index (χ4v) is 2.84. The van der Waals surface area contributed by atoms with E-state index in [0.717, 1.165) is 0 Å². The van der Waals surface area contributed by atoms with Crippen LogP contribution in [0, 0.1) is 0 Å². The number of benzene rings is 2. The van der Waals surface area contributed by atoms with Gasteiger partial charge in [-0.1, -0.05) is 60.7 Å². The molecule has 33 heavy (non-hydrogen) atoms. The molecule has 4 amide bonds. The zero-order valence-electron chi connectivity index (χ0n) is 18.9. The first kappa shape index (κ1) is 24.9. The summed E-state index contributed by atoms with van der Waals surface area (Å²) in [6, 6.07) is 17.7. The summed E-state index contributed by atoms with van der Waals surface area (Å²) < 4.78 is 0. The summed E-state index contributed by atoms with van der Waals surface area (Å²) in [7, 11) is 3.04. The van der Waals surface area contributed by atoms with Gasteiger partial charge in [0.25, 0.3) is 0 Å². The fourth-order valence-electron chi connectivity index (χ4n) is 2.84. The minimum absolute atomic E-state index is 0.230. The number of amides is 4. The Labute approximate surface area is 191 Å². The second-order valence-corrected chi connectivity index (χ2v) is 7.01. The number of carbonyl (C=O) groups is 4. The third kappa shape index (κ3) is 8.02. The molecule has 0 aliphatic heterocycles. The third-order valence-electron chi connectivity index (χ3n) is 4.13. The fraction of sp³-hybridized carbons (Fsp3) is 0.217. The van der Waals surface area contributed by atoms with Gasteiger partial charge in [-0.2, -0.15) is 9.98 Å². The molecular weight excluding hydrogens is 424 g/mol. The number of hydrogen-bond donors (Lipinski definition) is 2. The van der Waals surface area contributed by atoms with Crippen molar-refractivity contribution < 1.29 is 19.2 Å². The van der Waals surface area contributed by atoms with Crippen molar-refractivity contribution in [2.45, 2.75) is 20.3 Å². The van der Waals surface area contributed by atoms with Crippen molar-refractivity contribution in [1.29, 1.82) is 0 Å². The van der Waals surface area contributed by atoms with Gasteiger partial charge < -0.3 is 0 Å². The van der Waals surface area contributed by atoms with E-state index in [-0.39, 0.29) is 11.7 Å². The third-order valence-corrected chi connectivity index (χ3v) is 4.13. The number of carbonyl (C=O) groups excluding carboxylic acids is 4. The highest BCUT2D eigenvalue weighted by molar-refractivity contribution is 6.07. The molecule has 0 aliphatic rings. The first-order valence-corrected chi connectivity index (χ1v) is 10.0. The largest absolute Gasteiger partial charge is 0.273 e. The Morgan fingerprint density at radius 2 is 1.00 bits per heavy atom. The lowest BCUT2D eigenvalue weighted by molar-refractivity contribution is -0.132. The van der Waals surface area contributed by atoms with Gasteiger partial charge in [-0.15, -0.1) is 0 Å². The quantitative estimate of drug-likeness (QED) is 0.313. The normalized spacial score (nSPS) is 11.4. The van der Waals surface area contributed by atoms with Crippen molar-refractivity contribution in [3.63, 3.8) is 0 Å². The molecule has 0 aromatic heterocycles. The SMILES string of the molecule is CC(=O)N=C(c1ccccc1)N(C)NC(=O)CC(=O)NN(C)C(=NC(C)=O)c1ccccc1. The van der Waals surface area contributed by atoms with Crippen LogP contribution in [0.15, 0.2) is 70.6 Å². The van der Waals surface area contributed by atoms with Crippen LogP contribution in [-0.4, -0.2) is 59.4 Å². The van der Waals surface area contributed by atoms with Crippen molar-refractivity contribution in [3.05, 3.63) is 71.8 Å². The molecule has 0 unspecified atom stereocenters. The molecule has 0 saturated carbocycles. The number of hydrogen-bond acceptors (Lipinski definition) is 4. The molecule has 0 radical (unpaired) electrons. The minimum Gasteiger partial charge on any atom is -0.273 e. The second-order valence-electron chi connectivity index (χ2n) is 7.01. The van der Waals surface area contributed by atoms with Crippen molar-refractivity contribution >= 4 is 35.3 Å². The molecule has 0 fully saturated rings. The summed E-state index contributed by atoms with van der Waals surface area (Å²) in [5, 5.41) is 2.56. The van der Waals surface area contributed by atoms with Crippen LogP contribution in [-0.2, 0) is 19.2 Å². The molecule has 0 saturated heterocycles. The van der Waals surface area contributed by atoms with Crippen LogP contribution in [0.2, 0.25) is 0 Å². The highest BCUT2D eigenvalue weighted by Crippen LogP contribution is 2.06. The zero-order chi connectivity index (χ0) is 24.4. The first-order chi connectivity index (χ1) is 15.7. The van der Waals surface area contributed by atoms with Crippen molar-refractivity contribution in [1.82, 2.24) is 20.9 Å². The van der Waals surface area contributed by atoms with Crippen LogP contribution in [0.5, 0.6) is 0 Å². The number of nitrogens with one attached hydrogen (secondary N) is 2. The smallest absolute Gasteiger partial charge is 0.248 e. The predicted octanol–water partition coefficient (Wildman–Crippen LogP) is 1.29. The summed E-state index contributed by atoms with van der Waals surface area (Å²) in [5.74, 6) is -1.66. The topological polar surface area (TPSA) is 124 Å². The maximum absolute atomic E-state index is 12.4. The number of nitrogens with zero attached hydrogens (tertiary/aromatic N) is 4. The van der Waals surface area contributed by atoms with E-state index in [9.17, 15) is 19.2 Å². The number of rotatable bonds is 4. The molecule has 172 valence electrons. The molecule has 10 nitrogen and oxygen atoms in total. The number of amidine groups is 2. The first-order valence-electron chi connectivity index (χ1n) is 10.0. The van der Waals surface area contributed by atoms with Gasteiger partial charge >= 0.3 is 0 Å². The van der Waals surface area contributed by atoms with Crippen LogP contribution in [0.25, 0.3) is 0 Å². The molecule has 0 spiro atoms. The van der Waals surface area contributed by atoms with Crippen molar-refractivity contribution in [2.24, 2.45) is 9.98 Å². The Kier molecular flexibility index (Phi) is 8.98. The Morgan fingerprint density at radius 3 is 1.30 bits per heavy atom. The molecule has 2 aromatic carbocycles. The molecule has 0 aliphatic carbocycles. The summed E-state index contributed by atoms with van der Waals surface area (Å²) >= 11 is 0. The lowest BCUT2D eigenvalue weighted by Crippen LogP contribution is -2.48. The van der Waals surface area contributed by atoms with Crippen molar-refractivity contribution in [3.8, 4) is 0 Å². The molecule has 0 heterocycles. The zero-order valence-corrected chi connectivity index (χ0v) is 18.9. The maximum Gasteiger partial charge on any atom is 0.248 e. The van der Waals surface area contributed by atoms with Crippen LogP contribution in [0.3, 0.4) is 0 Å². The van der Waals surface area contributed by atoms with Gasteiger partial charge in [-0.05, 0) is 0 Å². The Bertz CT molecular complexity index is 981. The standard InChI is InChI=1S/C23H26N6O4/c1-16(30)24-22(18-11-7-5-8-12-18)28(3)26-20(32)15-21(33)27-29(4)23(25-17(2)31)19-13-9-6-10-14-19/h5-14H,15H2,1-4H3,(H,26,32)(H,27,33). The molecule has 2 N–H and O–H groups in total. The summed E-state index contributed by atoms with van der Waals surface area (Å²) in [4.78, 5) is 55.8. The van der Waals surface area contributed by atoms with E-state index in [0.29, 0.717) is 11.1 Å². The van der Waals surface area contributed by atoms with Gasteiger partial charge in [0.15, 0.2) is 11.7 Å². The molecule has 10 heteroatoms. The van der Waals surface area contributed by atoms with E-state index in [1.165, 1.54) is 38.0 Å². The Balaban J connectivity index is 2.05. The van der Waals surface area contributed by atoms with Crippen LogP contribution in [0.1, 0.15) is 31.4 Å². The van der Waals surface area contributed by atoms with Gasteiger partial charge in [-0.25, -0.2) is 0 Å². The molecule has 0 atom stereocenters. The van der Waals surface area contributed by atoms with E-state index in [2.05, 4.69) is 20.8 Å². The maximum atomic E-state index is 12.4. The van der Waals surface area contributed by atoms with E-state index in [1.807, 2.05) is 12.1 Å². The summed E-state index contributed by atoms with van der Waals surface area (Å²) in [6.07, 6.45) is -0.515. The van der Waals surface area contributed by atoms with Gasteiger partial charge in [0, 0.05) is 39.1 Å². The van der Waals surface area contributed by atoms with E-state index in [1.54, 1.807) is 48.5 Å². The van der Waals surface area contributed by atoms with E-state index in [4.69, 9.17) is 0 Å². The van der Waals surface area contributed by atoms with Gasteiger partial charge in [-0.3, -0.25) is 40.0 Å². The van der Waals surface area contributed by atoms with Gasteiger partial charge in [0.1, 0.15) is 6.42 Å². The monoisotopic (exact) mass is 450 g/mol. The Hall–Kier alpha value is -4.34. The highest BCUT2D eigenvalue weighted by atomic mass is 16.2. The van der Waals surface area contributed by atoms with Crippen molar-refractivity contribution in [2.75, 3.05) is 14.1 Å². The van der Waals surface area contributed by atoms with Gasteiger partial charge in [0.2, 0.25) is 23.6 Å². The van der Waals surface area contributed by atoms with E-state index >= 15 is 0 Å². The van der Waals surface area contributed by atoms with E-state index < -0.39 is 30.0 Å². The molecule has 2 aromatic rings. The minimum atomic E-state index is -0.625. The lowest BCUT2D eigenvalue weighted by atomic mass is 10.2. The predicted molar refractivity (Wildman–Crippen MR) is 124 cm³/mol. The summed E-state index contributed by atoms with van der Waals surface area (Å²) in [6.45, 7) is 2.60. The van der Waals surface area contributed by atoms with Gasteiger partial charge in [0.05, 0.1) is 0 Å². The summed E-state index contributed by atoms with van der Waals surface area (Å²) in [5.41, 5.74) is 6.29. The average Bonchev–Trinajstić information content (AvgIpc) is 2.76. The van der Waals surface area contributed by atoms with Crippen LogP contribution >= 0.6 is 0 Å². The van der Waals surface area contributed by atoms with Crippen LogP contribution < -0.4 is 10.9 Å². The Morgan fingerprint density at radius 1 is 0.667 bits per heavy atom. The average molecular weight is 450 g/mol. The number of aliphatic imine (C=N–C) groups is 2. The molecule has 0 bridgehead atoms. The highest BCUT2D eigenvalue weighted by Gasteiger charge is 2.18. The number of hydrazine groups is 2. The lowest BCUT2D eigenvalue weighted by Gasteiger charge is -2.23. The molecule has 2 rings (SSSR count). The van der Waals surface area contributed by atoms with Crippen LogP contribution in [0.4, 0.5) is 0 Å². The molecular formula is C23H26N6O4. The second kappa shape index (κ2) is 11.9.